The van der Waals surface area contributed by atoms with E-state index < -0.39 is 17.7 Å². The van der Waals surface area contributed by atoms with Crippen molar-refractivity contribution in [2.75, 3.05) is 11.9 Å². The topological polar surface area (TPSA) is 147 Å². The lowest BCUT2D eigenvalue weighted by Gasteiger charge is -2.22. The van der Waals surface area contributed by atoms with Crippen molar-refractivity contribution in [1.29, 1.82) is 5.26 Å². The van der Waals surface area contributed by atoms with Crippen LogP contribution < -0.4 is 10.6 Å². The van der Waals surface area contributed by atoms with Crippen LogP contribution in [0.3, 0.4) is 0 Å². The molecule has 4 rings (SSSR count). The summed E-state index contributed by atoms with van der Waals surface area (Å²) in [5.74, 6) is 0.402. The van der Waals surface area contributed by atoms with E-state index in [4.69, 9.17) is 5.26 Å². The van der Waals surface area contributed by atoms with Gasteiger partial charge in [-0.2, -0.15) is 20.1 Å². The van der Waals surface area contributed by atoms with Gasteiger partial charge in [0.15, 0.2) is 11.5 Å². The summed E-state index contributed by atoms with van der Waals surface area (Å²) in [6.07, 6.45) is 4.29. The first-order valence-electron chi connectivity index (χ1n) is 10.3. The molecular formula is C22H22FN9O2. The summed E-state index contributed by atoms with van der Waals surface area (Å²) in [4.78, 5) is 21.5. The lowest BCUT2D eigenvalue weighted by Crippen LogP contribution is -2.42. The molecule has 1 unspecified atom stereocenters. The van der Waals surface area contributed by atoms with E-state index in [0.29, 0.717) is 33.9 Å². The summed E-state index contributed by atoms with van der Waals surface area (Å²) < 4.78 is 17.2. The molecule has 0 saturated heterocycles. The van der Waals surface area contributed by atoms with Crippen molar-refractivity contribution in [2.45, 2.75) is 25.6 Å². The number of nitrogens with zero attached hydrogens (tertiary/aromatic N) is 7. The number of hydrogen-bond acceptors (Lipinski definition) is 8. The predicted molar refractivity (Wildman–Crippen MR) is 121 cm³/mol. The average molecular weight is 463 g/mol. The summed E-state index contributed by atoms with van der Waals surface area (Å²) in [5.41, 5.74) is -0.167. The zero-order chi connectivity index (χ0) is 24.5. The zero-order valence-corrected chi connectivity index (χ0v) is 18.7. The lowest BCUT2D eigenvalue weighted by atomic mass is 10.0. The van der Waals surface area contributed by atoms with E-state index in [0.717, 1.165) is 0 Å². The Bertz CT molecular complexity index is 1400. The van der Waals surface area contributed by atoms with Crippen LogP contribution in [-0.2, 0) is 7.05 Å². The highest BCUT2D eigenvalue weighted by molar-refractivity contribution is 6.00. The van der Waals surface area contributed by atoms with Crippen LogP contribution >= 0.6 is 0 Å². The number of carbonyl (C=O) groups excluding carboxylic acids is 1. The van der Waals surface area contributed by atoms with E-state index in [1.807, 2.05) is 6.07 Å². The second kappa shape index (κ2) is 8.87. The number of hydrogen-bond donors (Lipinski definition) is 3. The van der Waals surface area contributed by atoms with E-state index in [1.165, 1.54) is 30.9 Å². The molecule has 34 heavy (non-hydrogen) atoms. The van der Waals surface area contributed by atoms with Gasteiger partial charge in [-0.05, 0) is 19.9 Å². The van der Waals surface area contributed by atoms with Gasteiger partial charge in [-0.25, -0.2) is 14.4 Å². The number of aryl methyl sites for hydroxylation is 1. The molecule has 0 bridgehead atoms. The third-order valence-corrected chi connectivity index (χ3v) is 5.18. The van der Waals surface area contributed by atoms with Gasteiger partial charge in [0, 0.05) is 37.0 Å². The predicted octanol–water partition coefficient (Wildman–Crippen LogP) is 2.00. The number of nitrogens with one attached hydrogen (secondary N) is 2. The molecule has 12 heteroatoms. The summed E-state index contributed by atoms with van der Waals surface area (Å²) >= 11 is 0. The van der Waals surface area contributed by atoms with Crippen LogP contribution in [0.15, 0.2) is 43.0 Å². The van der Waals surface area contributed by atoms with Gasteiger partial charge in [0.25, 0.3) is 5.91 Å². The molecule has 4 aromatic heterocycles. The zero-order valence-electron chi connectivity index (χ0n) is 18.7. The van der Waals surface area contributed by atoms with E-state index in [9.17, 15) is 14.3 Å². The van der Waals surface area contributed by atoms with E-state index in [2.05, 4.69) is 30.8 Å². The monoisotopic (exact) mass is 463 g/mol. The molecular weight excluding hydrogens is 441 g/mol. The second-order valence-electron chi connectivity index (χ2n) is 8.19. The van der Waals surface area contributed by atoms with Crippen molar-refractivity contribution in [3.8, 4) is 11.9 Å². The fraction of sp³-hybridized carbons (Fsp3) is 0.273. The van der Waals surface area contributed by atoms with Crippen LogP contribution in [-0.4, -0.2) is 58.9 Å². The first kappa shape index (κ1) is 22.8. The number of aliphatic hydroxyl groups is 1. The number of nitriles is 1. The van der Waals surface area contributed by atoms with Crippen molar-refractivity contribution in [3.63, 3.8) is 0 Å². The Labute approximate surface area is 193 Å². The summed E-state index contributed by atoms with van der Waals surface area (Å²) in [6.45, 7) is 2.29. The van der Waals surface area contributed by atoms with Crippen LogP contribution in [0, 0.1) is 11.3 Å². The SMILES string of the molecule is Cn1nccc1Nc1cc(-n2ncc3cc(C#N)cnc32)ncc1C(=O)NCC(F)C(C)(C)O. The molecule has 0 aliphatic carbocycles. The maximum atomic E-state index is 14.2. The quantitative estimate of drug-likeness (QED) is 0.377. The Hall–Kier alpha value is -4.37. The Morgan fingerprint density at radius 1 is 1.26 bits per heavy atom. The smallest absolute Gasteiger partial charge is 0.255 e. The Morgan fingerprint density at radius 2 is 2.06 bits per heavy atom. The molecule has 174 valence electrons. The second-order valence-corrected chi connectivity index (χ2v) is 8.19. The Morgan fingerprint density at radius 3 is 2.74 bits per heavy atom. The third-order valence-electron chi connectivity index (χ3n) is 5.18. The van der Waals surface area contributed by atoms with Gasteiger partial charge in [-0.3, -0.25) is 9.48 Å². The van der Waals surface area contributed by atoms with Crippen LogP contribution in [0.4, 0.5) is 15.9 Å². The number of fused-ring (bicyclic) bond motifs is 1. The number of halogens is 1. The maximum Gasteiger partial charge on any atom is 0.255 e. The maximum absolute atomic E-state index is 14.2. The van der Waals surface area contributed by atoms with E-state index in [-0.39, 0.29) is 12.1 Å². The van der Waals surface area contributed by atoms with Gasteiger partial charge in [-0.15, -0.1) is 0 Å². The molecule has 0 spiro atoms. The van der Waals surface area contributed by atoms with E-state index in [1.54, 1.807) is 42.3 Å². The first-order chi connectivity index (χ1) is 16.2. The van der Waals surface area contributed by atoms with Gasteiger partial charge in [-0.1, -0.05) is 0 Å². The molecule has 0 saturated carbocycles. The number of carbonyl (C=O) groups is 1. The highest BCUT2D eigenvalue weighted by Crippen LogP contribution is 2.24. The highest BCUT2D eigenvalue weighted by Gasteiger charge is 2.27. The Balaban J connectivity index is 1.71. The summed E-state index contributed by atoms with van der Waals surface area (Å²) in [7, 11) is 1.74. The van der Waals surface area contributed by atoms with Gasteiger partial charge in [0.2, 0.25) is 0 Å². The first-order valence-corrected chi connectivity index (χ1v) is 10.3. The van der Waals surface area contributed by atoms with Crippen molar-refractivity contribution < 1.29 is 14.3 Å². The molecule has 0 aliphatic heterocycles. The van der Waals surface area contributed by atoms with Crippen molar-refractivity contribution in [3.05, 3.63) is 54.1 Å². The minimum Gasteiger partial charge on any atom is -0.387 e. The number of rotatable bonds is 7. The number of amides is 1. The molecule has 11 nitrogen and oxygen atoms in total. The largest absolute Gasteiger partial charge is 0.387 e. The molecule has 4 heterocycles. The molecule has 0 aromatic carbocycles. The fourth-order valence-electron chi connectivity index (χ4n) is 3.16. The van der Waals surface area contributed by atoms with Crippen LogP contribution in [0.1, 0.15) is 29.8 Å². The number of alkyl halides is 1. The standard InChI is InChI=1S/C22H22FN9O2/c1-22(2,34)17(23)12-27-21(33)15-11-25-19(7-16(15)30-18-4-5-28-31(18)3)32-20-14(10-29-32)6-13(8-24)9-26-20/h4-7,9-11,17,34H,12H2,1-3H3,(H,25,30)(H,27,33). The van der Waals surface area contributed by atoms with Crippen LogP contribution in [0.25, 0.3) is 16.9 Å². The molecule has 0 fully saturated rings. The molecule has 0 aliphatic rings. The van der Waals surface area contributed by atoms with Crippen molar-refractivity contribution in [1.82, 2.24) is 34.8 Å². The van der Waals surface area contributed by atoms with Crippen LogP contribution in [0.5, 0.6) is 0 Å². The highest BCUT2D eigenvalue weighted by atomic mass is 19.1. The number of anilines is 2. The van der Waals surface area contributed by atoms with E-state index >= 15 is 0 Å². The number of pyridine rings is 2. The molecule has 0 radical (unpaired) electrons. The van der Waals surface area contributed by atoms with Crippen molar-refractivity contribution >= 4 is 28.4 Å². The normalized spacial score (nSPS) is 12.4. The minimum absolute atomic E-state index is 0.157. The summed E-state index contributed by atoms with van der Waals surface area (Å²) in [5, 5.41) is 33.6. The molecule has 1 amide bonds. The van der Waals surface area contributed by atoms with Gasteiger partial charge in [0.1, 0.15) is 18.1 Å². The van der Waals surface area contributed by atoms with Gasteiger partial charge in [0.05, 0.1) is 41.4 Å². The molecule has 3 N–H and O–H groups in total. The summed E-state index contributed by atoms with van der Waals surface area (Å²) in [6, 6.07) is 7.03. The lowest BCUT2D eigenvalue weighted by molar-refractivity contribution is -0.00177. The minimum atomic E-state index is -1.66. The fourth-order valence-corrected chi connectivity index (χ4v) is 3.16. The van der Waals surface area contributed by atoms with Gasteiger partial charge < -0.3 is 15.7 Å². The van der Waals surface area contributed by atoms with Gasteiger partial charge >= 0.3 is 0 Å². The van der Waals surface area contributed by atoms with Crippen molar-refractivity contribution in [2.24, 2.45) is 7.05 Å². The van der Waals surface area contributed by atoms with Crippen LogP contribution in [0.2, 0.25) is 0 Å². The average Bonchev–Trinajstić information content (AvgIpc) is 3.41. The Kier molecular flexibility index (Phi) is 5.95. The third kappa shape index (κ3) is 4.55. The number of aromatic nitrogens is 6. The molecule has 1 atom stereocenters. The molecule has 4 aromatic rings.